The van der Waals surface area contributed by atoms with Crippen molar-refractivity contribution in [3.63, 3.8) is 0 Å². The molecule has 3 nitrogen and oxygen atoms in total. The molecule has 0 bridgehead atoms. The predicted molar refractivity (Wildman–Crippen MR) is 89.3 cm³/mol. The summed E-state index contributed by atoms with van der Waals surface area (Å²) in [5, 5.41) is 6.90. The molecule has 1 amide bonds. The van der Waals surface area contributed by atoms with Crippen LogP contribution < -0.4 is 10.6 Å². The number of amides is 1. The van der Waals surface area contributed by atoms with E-state index in [1.165, 1.54) is 6.42 Å². The highest BCUT2D eigenvalue weighted by molar-refractivity contribution is 14.1. The summed E-state index contributed by atoms with van der Waals surface area (Å²) in [7, 11) is 0. The minimum Gasteiger partial charge on any atom is -0.352 e. The topological polar surface area (TPSA) is 41.1 Å². The lowest BCUT2D eigenvalue weighted by Gasteiger charge is -2.09. The van der Waals surface area contributed by atoms with Crippen LogP contribution in [-0.4, -0.2) is 25.5 Å². The molecule has 6 heteroatoms. The number of rotatable bonds is 4. The van der Waals surface area contributed by atoms with Gasteiger partial charge in [-0.3, -0.25) is 4.79 Å². The number of hydrogen-bond acceptors (Lipinski definition) is 2. The first kappa shape index (κ1) is 17.0. The van der Waals surface area contributed by atoms with E-state index in [4.69, 9.17) is 11.6 Å². The summed E-state index contributed by atoms with van der Waals surface area (Å²) in [6.07, 6.45) is 2.25. The van der Waals surface area contributed by atoms with E-state index in [-0.39, 0.29) is 18.3 Å². The van der Waals surface area contributed by atoms with E-state index in [0.29, 0.717) is 16.5 Å². The lowest BCUT2D eigenvalue weighted by Crippen LogP contribution is -2.26. The monoisotopic (exact) mass is 414 g/mol. The molecule has 0 aromatic heterocycles. The van der Waals surface area contributed by atoms with Gasteiger partial charge in [0.2, 0.25) is 0 Å². The van der Waals surface area contributed by atoms with Gasteiger partial charge in [0, 0.05) is 15.7 Å². The van der Waals surface area contributed by atoms with E-state index in [2.05, 4.69) is 33.2 Å². The second-order valence-electron chi connectivity index (χ2n) is 4.53. The van der Waals surface area contributed by atoms with E-state index in [0.717, 1.165) is 29.6 Å². The molecule has 1 fully saturated rings. The van der Waals surface area contributed by atoms with Gasteiger partial charge in [-0.25, -0.2) is 0 Å². The van der Waals surface area contributed by atoms with E-state index in [1.807, 2.05) is 6.07 Å². The van der Waals surface area contributed by atoms with Crippen molar-refractivity contribution < 1.29 is 4.79 Å². The molecule has 2 N–H and O–H groups in total. The quantitative estimate of drug-likeness (QED) is 0.743. The zero-order valence-electron chi connectivity index (χ0n) is 10.4. The van der Waals surface area contributed by atoms with Gasteiger partial charge in [0.05, 0.1) is 5.02 Å². The summed E-state index contributed by atoms with van der Waals surface area (Å²) in [5.74, 6) is 0.657. The van der Waals surface area contributed by atoms with Gasteiger partial charge >= 0.3 is 0 Å². The molecule has 0 saturated carbocycles. The SMILES string of the molecule is Cl.O=C(NCCC1CCNC1)c1ccc(I)c(Cl)c1. The molecule has 0 radical (unpaired) electrons. The third kappa shape index (κ3) is 5.10. The predicted octanol–water partition coefficient (Wildman–Crippen LogP) is 3.10. The fraction of sp³-hybridized carbons (Fsp3) is 0.462. The zero-order chi connectivity index (χ0) is 13.0. The fourth-order valence-electron chi connectivity index (χ4n) is 2.09. The van der Waals surface area contributed by atoms with Gasteiger partial charge in [-0.05, 0) is 72.6 Å². The Hall–Kier alpha value is -0.0400. The van der Waals surface area contributed by atoms with Crippen molar-refractivity contribution in [2.75, 3.05) is 19.6 Å². The first-order valence-electron chi connectivity index (χ1n) is 6.11. The van der Waals surface area contributed by atoms with Crippen molar-refractivity contribution in [2.24, 2.45) is 5.92 Å². The minimum atomic E-state index is -0.0424. The molecule has 1 aliphatic heterocycles. The molecular weight excluding hydrogens is 398 g/mol. The molecule has 0 aliphatic carbocycles. The van der Waals surface area contributed by atoms with Crippen LogP contribution in [0.1, 0.15) is 23.2 Å². The van der Waals surface area contributed by atoms with E-state index < -0.39 is 0 Å². The Bertz CT molecular complexity index is 437. The van der Waals surface area contributed by atoms with Crippen LogP contribution in [0.2, 0.25) is 5.02 Å². The van der Waals surface area contributed by atoms with Gasteiger partial charge in [-0.15, -0.1) is 12.4 Å². The van der Waals surface area contributed by atoms with Crippen LogP contribution in [0, 0.1) is 9.49 Å². The lowest BCUT2D eigenvalue weighted by molar-refractivity contribution is 0.0951. The van der Waals surface area contributed by atoms with Gasteiger partial charge in [-0.2, -0.15) is 0 Å². The third-order valence-corrected chi connectivity index (χ3v) is 4.75. The number of halogens is 3. The smallest absolute Gasteiger partial charge is 0.251 e. The van der Waals surface area contributed by atoms with Gasteiger partial charge in [0.15, 0.2) is 0 Å². The van der Waals surface area contributed by atoms with Crippen molar-refractivity contribution >= 4 is 52.5 Å². The molecule has 1 aliphatic rings. The highest BCUT2D eigenvalue weighted by Gasteiger charge is 2.14. The van der Waals surface area contributed by atoms with Crippen molar-refractivity contribution in [3.8, 4) is 0 Å². The average Bonchev–Trinajstić information content (AvgIpc) is 2.85. The van der Waals surface area contributed by atoms with Gasteiger partial charge < -0.3 is 10.6 Å². The largest absolute Gasteiger partial charge is 0.352 e. The molecule has 19 heavy (non-hydrogen) atoms. The van der Waals surface area contributed by atoms with Gasteiger partial charge in [-0.1, -0.05) is 11.6 Å². The van der Waals surface area contributed by atoms with Crippen molar-refractivity contribution in [1.82, 2.24) is 10.6 Å². The Morgan fingerprint density at radius 3 is 2.95 bits per heavy atom. The molecule has 106 valence electrons. The Balaban J connectivity index is 0.00000180. The van der Waals surface area contributed by atoms with E-state index >= 15 is 0 Å². The number of nitrogens with one attached hydrogen (secondary N) is 2. The lowest BCUT2D eigenvalue weighted by atomic mass is 10.1. The van der Waals surface area contributed by atoms with Crippen LogP contribution in [0.3, 0.4) is 0 Å². The molecule has 0 spiro atoms. The molecule has 1 unspecified atom stereocenters. The average molecular weight is 415 g/mol. The maximum atomic E-state index is 11.9. The van der Waals surface area contributed by atoms with Gasteiger partial charge in [0.1, 0.15) is 0 Å². The zero-order valence-corrected chi connectivity index (χ0v) is 14.1. The molecule has 1 aromatic rings. The molecule has 1 saturated heterocycles. The van der Waals surface area contributed by atoms with Crippen LogP contribution in [0.25, 0.3) is 0 Å². The standard InChI is InChI=1S/C13H16ClIN2O.ClH/c14-11-7-10(1-2-12(11)15)13(18)17-6-4-9-3-5-16-8-9;/h1-2,7,9,16H,3-6,8H2,(H,17,18);1H. The Kier molecular flexibility index (Phi) is 7.42. The normalized spacial score (nSPS) is 17.9. The van der Waals surface area contributed by atoms with E-state index in [1.54, 1.807) is 12.1 Å². The highest BCUT2D eigenvalue weighted by Crippen LogP contribution is 2.19. The highest BCUT2D eigenvalue weighted by atomic mass is 127. The third-order valence-electron chi connectivity index (χ3n) is 3.18. The summed E-state index contributed by atoms with van der Waals surface area (Å²) in [4.78, 5) is 11.9. The first-order chi connectivity index (χ1) is 8.66. The van der Waals surface area contributed by atoms with Crippen LogP contribution >= 0.6 is 46.6 Å². The number of carbonyl (C=O) groups excluding carboxylic acids is 1. The summed E-state index contributed by atoms with van der Waals surface area (Å²) in [6, 6.07) is 5.38. The molecule has 1 heterocycles. The van der Waals surface area contributed by atoms with Gasteiger partial charge in [0.25, 0.3) is 5.91 Å². The molecule has 1 atom stereocenters. The fourth-order valence-corrected chi connectivity index (χ4v) is 2.61. The second-order valence-corrected chi connectivity index (χ2v) is 6.10. The molecule has 1 aromatic carbocycles. The van der Waals surface area contributed by atoms with Crippen LogP contribution in [-0.2, 0) is 0 Å². The number of carbonyl (C=O) groups is 1. The maximum absolute atomic E-state index is 11.9. The van der Waals surface area contributed by atoms with Crippen molar-refractivity contribution in [3.05, 3.63) is 32.4 Å². The first-order valence-corrected chi connectivity index (χ1v) is 7.56. The maximum Gasteiger partial charge on any atom is 0.251 e. The second kappa shape index (κ2) is 8.29. The van der Waals surface area contributed by atoms with E-state index in [9.17, 15) is 4.79 Å². The summed E-state index contributed by atoms with van der Waals surface area (Å²) in [5.41, 5.74) is 0.630. The summed E-state index contributed by atoms with van der Waals surface area (Å²) < 4.78 is 0.961. The Morgan fingerprint density at radius 1 is 1.53 bits per heavy atom. The summed E-state index contributed by atoms with van der Waals surface area (Å²) >= 11 is 8.15. The number of hydrogen-bond donors (Lipinski definition) is 2. The molecule has 2 rings (SSSR count). The van der Waals surface area contributed by atoms with Crippen LogP contribution in [0.5, 0.6) is 0 Å². The summed E-state index contributed by atoms with van der Waals surface area (Å²) in [6.45, 7) is 2.91. The minimum absolute atomic E-state index is 0. The Morgan fingerprint density at radius 2 is 2.32 bits per heavy atom. The van der Waals surface area contributed by atoms with Crippen LogP contribution in [0.15, 0.2) is 18.2 Å². The Labute approximate surface area is 138 Å². The number of benzene rings is 1. The molecular formula is C13H17Cl2IN2O. The van der Waals surface area contributed by atoms with Crippen LogP contribution in [0.4, 0.5) is 0 Å². The van der Waals surface area contributed by atoms with Crippen molar-refractivity contribution in [1.29, 1.82) is 0 Å². The van der Waals surface area contributed by atoms with Crippen molar-refractivity contribution in [2.45, 2.75) is 12.8 Å².